The lowest BCUT2D eigenvalue weighted by Crippen LogP contribution is -2.74. The van der Waals surface area contributed by atoms with E-state index in [2.05, 4.69) is 122 Å². The molecule has 4 aromatic carbocycles. The predicted octanol–water partition coefficient (Wildman–Crippen LogP) is 3.34. The van der Waals surface area contributed by atoms with Crippen molar-refractivity contribution in [2.24, 2.45) is 0 Å². The van der Waals surface area contributed by atoms with Crippen molar-refractivity contribution < 1.29 is 9.53 Å². The Labute approximate surface area is 190 Å². The largest absolute Gasteiger partial charge is 0.462 e. The molecular formula is C29H26O2Si. The van der Waals surface area contributed by atoms with Crippen molar-refractivity contribution in [3.8, 4) is 0 Å². The van der Waals surface area contributed by atoms with Gasteiger partial charge in [0.1, 0.15) is 0 Å². The third-order valence-corrected chi connectivity index (χ3v) is 10.6. The Morgan fingerprint density at radius 3 is 1.47 bits per heavy atom. The molecule has 0 radical (unpaired) electrons. The Morgan fingerprint density at radius 2 is 1.06 bits per heavy atom. The van der Waals surface area contributed by atoms with E-state index in [4.69, 9.17) is 4.74 Å². The van der Waals surface area contributed by atoms with E-state index in [9.17, 15) is 4.79 Å². The average Bonchev–Trinajstić information content (AvgIpc) is 2.87. The maximum atomic E-state index is 11.3. The van der Waals surface area contributed by atoms with Crippen LogP contribution < -0.4 is 20.7 Å². The highest BCUT2D eigenvalue weighted by Crippen LogP contribution is 2.11. The first kappa shape index (κ1) is 21.5. The topological polar surface area (TPSA) is 26.3 Å². The number of rotatable bonds is 8. The van der Waals surface area contributed by atoms with Gasteiger partial charge in [-0.2, -0.15) is 0 Å². The second kappa shape index (κ2) is 10.1. The molecule has 0 saturated carbocycles. The van der Waals surface area contributed by atoms with Gasteiger partial charge in [0.15, 0.2) is 8.07 Å². The number of carbonyl (C=O) groups is 1. The summed E-state index contributed by atoms with van der Waals surface area (Å²) in [5.74, 6) is -0.384. The first-order valence-corrected chi connectivity index (χ1v) is 12.8. The zero-order chi connectivity index (χ0) is 22.2. The Bertz CT molecular complexity index is 1060. The van der Waals surface area contributed by atoms with Crippen LogP contribution in [0.3, 0.4) is 0 Å². The van der Waals surface area contributed by atoms with Gasteiger partial charge in [0.25, 0.3) is 0 Å². The minimum Gasteiger partial charge on any atom is -0.462 e. The van der Waals surface area contributed by atoms with Gasteiger partial charge >= 0.3 is 5.97 Å². The maximum absolute atomic E-state index is 11.3. The van der Waals surface area contributed by atoms with Crippen LogP contribution in [0, 0.1) is 0 Å². The zero-order valence-corrected chi connectivity index (χ0v) is 19.0. The van der Waals surface area contributed by atoms with Crippen molar-refractivity contribution in [1.82, 2.24) is 0 Å². The molecule has 0 unspecified atom stereocenters. The van der Waals surface area contributed by atoms with Crippen LogP contribution in [0.1, 0.15) is 5.56 Å². The molecule has 0 bridgehead atoms. The third-order valence-electron chi connectivity index (χ3n) is 5.81. The molecule has 0 N–H and O–H groups in total. The Morgan fingerprint density at radius 1 is 0.656 bits per heavy atom. The quantitative estimate of drug-likeness (QED) is 0.184. The summed E-state index contributed by atoms with van der Waals surface area (Å²) in [6.07, 6.45) is 1.87. The molecule has 0 saturated heterocycles. The van der Waals surface area contributed by atoms with Crippen LogP contribution in [0.4, 0.5) is 0 Å². The van der Waals surface area contributed by atoms with Crippen LogP contribution in [0.25, 0.3) is 0 Å². The fraction of sp³-hybridized carbons (Fsp3) is 0.0690. The van der Waals surface area contributed by atoms with Gasteiger partial charge in [0.05, 0.1) is 6.61 Å². The summed E-state index contributed by atoms with van der Waals surface area (Å²) in [6, 6.07) is 41.4. The summed E-state index contributed by atoms with van der Waals surface area (Å²) >= 11 is 0. The van der Waals surface area contributed by atoms with E-state index in [0.29, 0.717) is 13.0 Å². The molecule has 0 atom stereocenters. The normalized spacial score (nSPS) is 11.0. The summed E-state index contributed by atoms with van der Waals surface area (Å²) in [7, 11) is -2.48. The molecule has 0 aromatic heterocycles. The molecular weight excluding hydrogens is 408 g/mol. The van der Waals surface area contributed by atoms with Crippen LogP contribution >= 0.6 is 0 Å². The second-order valence-corrected chi connectivity index (χ2v) is 11.5. The van der Waals surface area contributed by atoms with Crippen LogP contribution in [0.5, 0.6) is 0 Å². The van der Waals surface area contributed by atoms with Gasteiger partial charge in [0.2, 0.25) is 0 Å². The standard InChI is InChI=1S/C29H26O2Si/c1-2-29(30)31-23-22-24-18-20-28(21-19-24)32(25-12-6-3-7-13-25,26-14-8-4-9-15-26)27-16-10-5-11-17-27/h2-21H,1,22-23H2. The van der Waals surface area contributed by atoms with Gasteiger partial charge in [-0.25, -0.2) is 4.79 Å². The number of ether oxygens (including phenoxy) is 1. The molecule has 0 fully saturated rings. The van der Waals surface area contributed by atoms with E-state index in [1.165, 1.54) is 26.8 Å². The maximum Gasteiger partial charge on any atom is 0.330 e. The van der Waals surface area contributed by atoms with Gasteiger partial charge in [-0.05, 0) is 26.3 Å². The molecule has 2 nitrogen and oxygen atoms in total. The number of esters is 1. The van der Waals surface area contributed by atoms with E-state index >= 15 is 0 Å². The summed E-state index contributed by atoms with van der Waals surface area (Å²) in [6.45, 7) is 3.79. The van der Waals surface area contributed by atoms with Crippen molar-refractivity contribution in [1.29, 1.82) is 0 Å². The van der Waals surface area contributed by atoms with Crippen LogP contribution in [0.15, 0.2) is 128 Å². The highest BCUT2D eigenvalue weighted by atomic mass is 28.3. The number of benzene rings is 4. The van der Waals surface area contributed by atoms with Gasteiger partial charge in [0, 0.05) is 12.5 Å². The average molecular weight is 435 g/mol. The van der Waals surface area contributed by atoms with E-state index in [-0.39, 0.29) is 5.97 Å². The smallest absolute Gasteiger partial charge is 0.330 e. The molecule has 0 heterocycles. The SMILES string of the molecule is C=CC(=O)OCCc1ccc([Si](c2ccccc2)(c2ccccc2)c2ccccc2)cc1. The van der Waals surface area contributed by atoms with Crippen molar-refractivity contribution in [3.63, 3.8) is 0 Å². The Balaban J connectivity index is 1.83. The Hall–Kier alpha value is -3.69. The minimum absolute atomic E-state index is 0.350. The fourth-order valence-corrected chi connectivity index (χ4v) is 9.06. The second-order valence-electron chi connectivity index (χ2n) is 7.67. The molecule has 4 aromatic rings. The molecule has 0 aliphatic rings. The fourth-order valence-electron chi connectivity index (χ4n) is 4.31. The molecule has 32 heavy (non-hydrogen) atoms. The van der Waals surface area contributed by atoms with Crippen LogP contribution in [0.2, 0.25) is 0 Å². The van der Waals surface area contributed by atoms with Crippen LogP contribution in [-0.2, 0) is 16.0 Å². The van der Waals surface area contributed by atoms with Crippen molar-refractivity contribution in [2.45, 2.75) is 6.42 Å². The molecule has 3 heteroatoms. The summed E-state index contributed by atoms with van der Waals surface area (Å²) < 4.78 is 5.15. The van der Waals surface area contributed by atoms with Crippen molar-refractivity contribution >= 4 is 34.8 Å². The molecule has 4 rings (SSSR count). The number of carbonyl (C=O) groups excluding carboxylic acids is 1. The van der Waals surface area contributed by atoms with Crippen molar-refractivity contribution in [3.05, 3.63) is 133 Å². The highest BCUT2D eigenvalue weighted by molar-refractivity contribution is 7.19. The first-order chi connectivity index (χ1) is 15.7. The van der Waals surface area contributed by atoms with Crippen molar-refractivity contribution in [2.75, 3.05) is 6.61 Å². The van der Waals surface area contributed by atoms with Gasteiger partial charge in [-0.3, -0.25) is 0 Å². The highest BCUT2D eigenvalue weighted by Gasteiger charge is 2.41. The molecule has 0 aliphatic carbocycles. The molecule has 158 valence electrons. The minimum atomic E-state index is -2.48. The Kier molecular flexibility index (Phi) is 6.78. The number of hydrogen-bond donors (Lipinski definition) is 0. The number of hydrogen-bond acceptors (Lipinski definition) is 2. The van der Waals surface area contributed by atoms with E-state index in [0.717, 1.165) is 5.56 Å². The lowest BCUT2D eigenvalue weighted by molar-refractivity contribution is -0.137. The molecule has 0 amide bonds. The summed E-state index contributed by atoms with van der Waals surface area (Å²) in [5, 5.41) is 5.38. The van der Waals surface area contributed by atoms with Gasteiger partial charge < -0.3 is 4.74 Å². The van der Waals surface area contributed by atoms with Gasteiger partial charge in [-0.1, -0.05) is 122 Å². The lowest BCUT2D eigenvalue weighted by atomic mass is 10.2. The summed E-state index contributed by atoms with van der Waals surface area (Å²) in [4.78, 5) is 11.3. The summed E-state index contributed by atoms with van der Waals surface area (Å²) in [5.41, 5.74) is 1.14. The monoisotopic (exact) mass is 434 g/mol. The first-order valence-electron chi connectivity index (χ1n) is 10.8. The van der Waals surface area contributed by atoms with E-state index in [1.807, 2.05) is 0 Å². The van der Waals surface area contributed by atoms with Crippen LogP contribution in [-0.4, -0.2) is 20.7 Å². The lowest BCUT2D eigenvalue weighted by Gasteiger charge is -2.34. The van der Waals surface area contributed by atoms with Gasteiger partial charge in [-0.15, -0.1) is 0 Å². The molecule has 0 spiro atoms. The van der Waals surface area contributed by atoms with E-state index < -0.39 is 8.07 Å². The van der Waals surface area contributed by atoms with E-state index in [1.54, 1.807) is 0 Å². The third kappa shape index (κ3) is 4.34. The zero-order valence-electron chi connectivity index (χ0n) is 18.0. The predicted molar refractivity (Wildman–Crippen MR) is 135 cm³/mol. The molecule has 0 aliphatic heterocycles.